The van der Waals surface area contributed by atoms with Crippen molar-refractivity contribution in [1.82, 2.24) is 9.62 Å². The highest BCUT2D eigenvalue weighted by Gasteiger charge is 2.36. The second-order valence-corrected chi connectivity index (χ2v) is 8.06. The largest absolute Gasteiger partial charge is 0.493 e. The molecule has 0 heterocycles. The lowest BCUT2D eigenvalue weighted by Crippen LogP contribution is -2.54. The van der Waals surface area contributed by atoms with Crippen molar-refractivity contribution in [1.29, 1.82) is 0 Å². The van der Waals surface area contributed by atoms with E-state index in [-0.39, 0.29) is 23.5 Å². The molecule has 1 fully saturated rings. The van der Waals surface area contributed by atoms with E-state index in [1.54, 1.807) is 13.0 Å². The van der Waals surface area contributed by atoms with Crippen LogP contribution < -0.4 is 14.2 Å². The number of aryl methyl sites for hydroxylation is 1. The minimum Gasteiger partial charge on any atom is -0.493 e. The van der Waals surface area contributed by atoms with Crippen molar-refractivity contribution in [2.75, 3.05) is 27.3 Å². The maximum absolute atomic E-state index is 12.7. The average Bonchev–Trinajstić information content (AvgIpc) is 2.55. The lowest BCUT2D eigenvalue weighted by molar-refractivity contribution is -0.139. The molecule has 0 unspecified atom stereocenters. The maximum atomic E-state index is 12.7. The van der Waals surface area contributed by atoms with Gasteiger partial charge in [-0.15, -0.1) is 0 Å². The Balaban J connectivity index is 2.08. The molecule has 0 aromatic heterocycles. The number of methoxy groups -OCH3 is 2. The van der Waals surface area contributed by atoms with Crippen molar-refractivity contribution in [3.8, 4) is 11.5 Å². The molecule has 146 valence electrons. The molecule has 26 heavy (non-hydrogen) atoms. The number of sulfonamides is 1. The lowest BCUT2D eigenvalue weighted by Gasteiger charge is -2.42. The zero-order chi connectivity index (χ0) is 19.5. The summed E-state index contributed by atoms with van der Waals surface area (Å²) < 4.78 is 38.5. The molecule has 9 heteroatoms. The van der Waals surface area contributed by atoms with Crippen LogP contribution in [0.3, 0.4) is 0 Å². The molecule has 0 saturated heterocycles. The van der Waals surface area contributed by atoms with E-state index >= 15 is 0 Å². The van der Waals surface area contributed by atoms with Gasteiger partial charge in [-0.3, -0.25) is 9.69 Å². The molecule has 0 atom stereocenters. The Hall–Kier alpha value is -1.84. The molecular formula is C17H26N2O6S. The number of carboxylic acids is 1. The Morgan fingerprint density at radius 3 is 2.35 bits per heavy atom. The average molecular weight is 386 g/mol. The standard InChI is InChI=1S/C17H26N2O6S/c1-5-19(10-17(20)21)13-7-12(8-13)18-26(22,23)16-9-15(25-4)14(24-3)6-11(16)2/h6,9,12-13,18H,5,7-8,10H2,1-4H3,(H,20,21). The molecule has 0 bridgehead atoms. The van der Waals surface area contributed by atoms with Crippen molar-refractivity contribution in [3.63, 3.8) is 0 Å². The molecule has 8 nitrogen and oxygen atoms in total. The van der Waals surface area contributed by atoms with Crippen LogP contribution in [0.15, 0.2) is 17.0 Å². The molecule has 1 aromatic carbocycles. The summed E-state index contributed by atoms with van der Waals surface area (Å²) in [5, 5.41) is 8.93. The predicted molar refractivity (Wildman–Crippen MR) is 96.3 cm³/mol. The van der Waals surface area contributed by atoms with E-state index in [1.165, 1.54) is 20.3 Å². The van der Waals surface area contributed by atoms with E-state index in [1.807, 2.05) is 11.8 Å². The van der Waals surface area contributed by atoms with Crippen molar-refractivity contribution >= 4 is 16.0 Å². The summed E-state index contributed by atoms with van der Waals surface area (Å²) in [6, 6.07) is 2.95. The van der Waals surface area contributed by atoms with Crippen LogP contribution in [0.2, 0.25) is 0 Å². The minimum absolute atomic E-state index is 0.0323. The fourth-order valence-corrected chi connectivity index (χ4v) is 4.69. The van der Waals surface area contributed by atoms with Crippen LogP contribution in [0, 0.1) is 6.92 Å². The monoisotopic (exact) mass is 386 g/mol. The van der Waals surface area contributed by atoms with Gasteiger partial charge < -0.3 is 14.6 Å². The third-order valence-electron chi connectivity index (χ3n) is 4.67. The number of hydrogen-bond acceptors (Lipinski definition) is 6. The third kappa shape index (κ3) is 4.46. The normalized spacial score (nSPS) is 19.9. The lowest BCUT2D eigenvalue weighted by atomic mass is 9.86. The first-order chi connectivity index (χ1) is 12.2. The van der Waals surface area contributed by atoms with E-state index < -0.39 is 16.0 Å². The summed E-state index contributed by atoms with van der Waals surface area (Å²) in [5.41, 5.74) is 0.562. The highest BCUT2D eigenvalue weighted by Crippen LogP contribution is 2.33. The Morgan fingerprint density at radius 2 is 1.85 bits per heavy atom. The van der Waals surface area contributed by atoms with Crippen LogP contribution in [0.1, 0.15) is 25.3 Å². The quantitative estimate of drug-likeness (QED) is 0.657. The summed E-state index contributed by atoms with van der Waals surface area (Å²) in [5.74, 6) is -0.0553. The zero-order valence-electron chi connectivity index (χ0n) is 15.5. The molecular weight excluding hydrogens is 360 g/mol. The summed E-state index contributed by atoms with van der Waals surface area (Å²) in [6.45, 7) is 4.18. The van der Waals surface area contributed by atoms with Gasteiger partial charge in [0.15, 0.2) is 11.5 Å². The molecule has 1 aliphatic rings. The van der Waals surface area contributed by atoms with Gasteiger partial charge in [-0.05, 0) is 37.9 Å². The predicted octanol–water partition coefficient (Wildman–Crippen LogP) is 1.23. The minimum atomic E-state index is -3.71. The van der Waals surface area contributed by atoms with E-state index in [9.17, 15) is 13.2 Å². The highest BCUT2D eigenvalue weighted by molar-refractivity contribution is 7.89. The number of benzene rings is 1. The van der Waals surface area contributed by atoms with Gasteiger partial charge >= 0.3 is 5.97 Å². The van der Waals surface area contributed by atoms with Crippen LogP contribution >= 0.6 is 0 Å². The molecule has 2 N–H and O–H groups in total. The topological polar surface area (TPSA) is 105 Å². The van der Waals surface area contributed by atoms with E-state index in [0.717, 1.165) is 0 Å². The zero-order valence-corrected chi connectivity index (χ0v) is 16.3. The van der Waals surface area contributed by atoms with Crippen LogP contribution in [-0.2, 0) is 14.8 Å². The number of nitrogens with one attached hydrogen (secondary N) is 1. The molecule has 2 rings (SSSR count). The number of likely N-dealkylation sites (N-methyl/N-ethyl adjacent to an activating group) is 1. The molecule has 1 saturated carbocycles. The Bertz CT molecular complexity index is 759. The molecule has 0 aliphatic heterocycles. The van der Waals surface area contributed by atoms with Crippen molar-refractivity contribution in [2.45, 2.75) is 43.7 Å². The first kappa shape index (κ1) is 20.5. The van der Waals surface area contributed by atoms with E-state index in [0.29, 0.717) is 36.4 Å². The number of nitrogens with zero attached hydrogens (tertiary/aromatic N) is 1. The third-order valence-corrected chi connectivity index (χ3v) is 6.33. The van der Waals surface area contributed by atoms with Gasteiger partial charge in [0.1, 0.15) is 0 Å². The van der Waals surface area contributed by atoms with E-state index in [2.05, 4.69) is 4.72 Å². The van der Waals surface area contributed by atoms with Gasteiger partial charge in [0.2, 0.25) is 10.0 Å². The summed E-state index contributed by atoms with van der Waals surface area (Å²) >= 11 is 0. The summed E-state index contributed by atoms with van der Waals surface area (Å²) in [6.07, 6.45) is 1.18. The van der Waals surface area contributed by atoms with Crippen molar-refractivity contribution < 1.29 is 27.8 Å². The van der Waals surface area contributed by atoms with Gasteiger partial charge in [-0.1, -0.05) is 6.92 Å². The number of rotatable bonds is 9. The summed E-state index contributed by atoms with van der Waals surface area (Å²) in [4.78, 5) is 12.9. The Morgan fingerprint density at radius 1 is 1.27 bits per heavy atom. The Labute approximate surface area is 154 Å². The SMILES string of the molecule is CCN(CC(=O)O)C1CC(NS(=O)(=O)c2cc(OC)c(OC)cc2C)C1. The first-order valence-electron chi connectivity index (χ1n) is 8.42. The van der Waals surface area contributed by atoms with E-state index in [4.69, 9.17) is 14.6 Å². The second-order valence-electron chi connectivity index (χ2n) is 6.37. The molecule has 0 spiro atoms. The van der Waals surface area contributed by atoms with Crippen molar-refractivity contribution in [2.24, 2.45) is 0 Å². The second kappa shape index (κ2) is 8.24. The smallest absolute Gasteiger partial charge is 0.317 e. The van der Waals surface area contributed by atoms with Gasteiger partial charge in [0, 0.05) is 18.2 Å². The number of carbonyl (C=O) groups is 1. The van der Waals surface area contributed by atoms with Gasteiger partial charge in [0.05, 0.1) is 25.7 Å². The van der Waals surface area contributed by atoms with Gasteiger partial charge in [-0.25, -0.2) is 13.1 Å². The van der Waals surface area contributed by atoms with Gasteiger partial charge in [0.25, 0.3) is 0 Å². The van der Waals surface area contributed by atoms with Crippen LogP contribution in [0.25, 0.3) is 0 Å². The molecule has 0 radical (unpaired) electrons. The molecule has 1 aromatic rings. The van der Waals surface area contributed by atoms with Crippen molar-refractivity contribution in [3.05, 3.63) is 17.7 Å². The number of aliphatic carboxylic acids is 1. The van der Waals surface area contributed by atoms with Crippen LogP contribution in [-0.4, -0.2) is 63.8 Å². The molecule has 1 aliphatic carbocycles. The fourth-order valence-electron chi connectivity index (χ4n) is 3.19. The number of carboxylic acid groups (broad SMARTS) is 1. The molecule has 0 amide bonds. The maximum Gasteiger partial charge on any atom is 0.317 e. The van der Waals surface area contributed by atoms with Crippen LogP contribution in [0.5, 0.6) is 11.5 Å². The van der Waals surface area contributed by atoms with Gasteiger partial charge in [-0.2, -0.15) is 0 Å². The first-order valence-corrected chi connectivity index (χ1v) is 9.90. The highest BCUT2D eigenvalue weighted by atomic mass is 32.2. The number of hydrogen-bond donors (Lipinski definition) is 2. The number of ether oxygens (including phenoxy) is 2. The Kier molecular flexibility index (Phi) is 6.48. The fraction of sp³-hybridized carbons (Fsp3) is 0.588. The van der Waals surface area contributed by atoms with Crippen LogP contribution in [0.4, 0.5) is 0 Å². The summed E-state index contributed by atoms with van der Waals surface area (Å²) in [7, 11) is -0.759.